The first-order valence-electron chi connectivity index (χ1n) is 9.53. The predicted molar refractivity (Wildman–Crippen MR) is 126 cm³/mol. The molecule has 12 nitrogen and oxygen atoms in total. The highest BCUT2D eigenvalue weighted by molar-refractivity contribution is 14.1. The Morgan fingerprint density at radius 3 is 2.53 bits per heavy atom. The molecule has 14 heteroatoms. The molecule has 32 heavy (non-hydrogen) atoms. The molecule has 1 rings (SSSR count). The Kier molecular flexibility index (Phi) is 11.7. The van der Waals surface area contributed by atoms with Gasteiger partial charge in [-0.1, -0.05) is 35.7 Å². The highest BCUT2D eigenvalue weighted by Gasteiger charge is 2.18. The van der Waals surface area contributed by atoms with Gasteiger partial charge in [-0.05, 0) is 53.5 Å². The second kappa shape index (κ2) is 13.4. The Bertz CT molecular complexity index is 959. The Hall–Kier alpha value is -2.15. The molecule has 0 saturated carbocycles. The standard InChI is InChI=1S/C18H25IN5O7P/c19-15-14(23-24-21)7-6-12(16(15)25)17(26)22-8-4-2-1-3-5-11(10-32(29,30)31)9-13(20)18(27)28/h6-7,9,13,25H,1-5,8,10,20H2,(H,22,26)(H,27,28)(H2,29,30,31)/b11-9+. The molecule has 0 aliphatic rings. The van der Waals surface area contributed by atoms with Gasteiger partial charge in [0, 0.05) is 11.5 Å². The van der Waals surface area contributed by atoms with Gasteiger partial charge in [0.05, 0.1) is 21.0 Å². The summed E-state index contributed by atoms with van der Waals surface area (Å²) in [6.45, 7) is 0.349. The molecule has 1 atom stereocenters. The molecule has 1 amide bonds. The number of nitrogens with two attached hydrogens (primary N) is 1. The number of hydrogen-bond acceptors (Lipinski definition) is 6. The first kappa shape index (κ1) is 27.9. The van der Waals surface area contributed by atoms with Crippen molar-refractivity contribution in [2.24, 2.45) is 10.8 Å². The van der Waals surface area contributed by atoms with Crippen molar-refractivity contribution < 1.29 is 34.2 Å². The van der Waals surface area contributed by atoms with Gasteiger partial charge >= 0.3 is 13.6 Å². The van der Waals surface area contributed by atoms with Crippen LogP contribution in [-0.2, 0) is 9.36 Å². The van der Waals surface area contributed by atoms with Crippen LogP contribution in [0, 0.1) is 3.57 Å². The van der Waals surface area contributed by atoms with Crippen LogP contribution in [0.3, 0.4) is 0 Å². The maximum Gasteiger partial charge on any atom is 0.329 e. The molecule has 7 N–H and O–H groups in total. The maximum atomic E-state index is 12.2. The van der Waals surface area contributed by atoms with Gasteiger partial charge in [0.15, 0.2) is 0 Å². The summed E-state index contributed by atoms with van der Waals surface area (Å²) in [4.78, 5) is 44.0. The molecule has 1 unspecified atom stereocenters. The zero-order chi connectivity index (χ0) is 24.3. The van der Waals surface area contributed by atoms with E-state index in [4.69, 9.17) is 26.2 Å². The Morgan fingerprint density at radius 1 is 1.28 bits per heavy atom. The lowest BCUT2D eigenvalue weighted by atomic mass is 10.1. The summed E-state index contributed by atoms with van der Waals surface area (Å²) < 4.78 is 11.5. The van der Waals surface area contributed by atoms with Crippen molar-refractivity contribution in [1.82, 2.24) is 5.32 Å². The Labute approximate surface area is 197 Å². The molecule has 1 aromatic carbocycles. The highest BCUT2D eigenvalue weighted by Crippen LogP contribution is 2.38. The van der Waals surface area contributed by atoms with Gasteiger partial charge in [-0.25, -0.2) is 0 Å². The number of benzene rings is 1. The SMILES string of the molecule is [N-]=[N+]=Nc1ccc(C(=O)NCCCCCC/C(=C\C(N)C(=O)O)CP(=O)(O)O)c(O)c1I. The molecule has 0 fully saturated rings. The fourth-order valence-electron chi connectivity index (χ4n) is 2.80. The summed E-state index contributed by atoms with van der Waals surface area (Å²) in [6, 6.07) is 1.48. The molecule has 0 aliphatic carbocycles. The van der Waals surface area contributed by atoms with Crippen LogP contribution in [0.5, 0.6) is 5.75 Å². The third kappa shape index (κ3) is 9.98. The number of aliphatic carboxylic acids is 1. The summed E-state index contributed by atoms with van der Waals surface area (Å²) in [5.41, 5.74) is 14.5. The van der Waals surface area contributed by atoms with Crippen molar-refractivity contribution in [3.05, 3.63) is 43.4 Å². The number of carboxylic acids is 1. The number of phenols is 1. The molecule has 176 valence electrons. The van der Waals surface area contributed by atoms with E-state index in [2.05, 4.69) is 15.3 Å². The van der Waals surface area contributed by atoms with E-state index in [1.807, 2.05) is 0 Å². The Balaban J connectivity index is 2.46. The number of hydrogen-bond donors (Lipinski definition) is 6. The van der Waals surface area contributed by atoms with Crippen molar-refractivity contribution in [3.63, 3.8) is 0 Å². The lowest BCUT2D eigenvalue weighted by Gasteiger charge is -2.11. The second-order valence-corrected chi connectivity index (χ2v) is 9.64. The average Bonchev–Trinajstić information content (AvgIpc) is 2.69. The summed E-state index contributed by atoms with van der Waals surface area (Å²) in [5, 5.41) is 25.1. The second-order valence-electron chi connectivity index (χ2n) is 6.92. The zero-order valence-corrected chi connectivity index (χ0v) is 20.1. The topological polar surface area (TPSA) is 219 Å². The largest absolute Gasteiger partial charge is 0.506 e. The van der Waals surface area contributed by atoms with Crippen LogP contribution in [0.15, 0.2) is 28.9 Å². The van der Waals surface area contributed by atoms with E-state index in [1.165, 1.54) is 18.2 Å². The number of rotatable bonds is 13. The summed E-state index contributed by atoms with van der Waals surface area (Å²) >= 11 is 1.78. The monoisotopic (exact) mass is 581 g/mol. The fraction of sp³-hybridized carbons (Fsp3) is 0.444. The summed E-state index contributed by atoms with van der Waals surface area (Å²) in [5.74, 6) is -2.02. The van der Waals surface area contributed by atoms with E-state index >= 15 is 0 Å². The van der Waals surface area contributed by atoms with Crippen molar-refractivity contribution in [2.75, 3.05) is 12.7 Å². The number of nitrogens with one attached hydrogen (secondary N) is 1. The van der Waals surface area contributed by atoms with E-state index in [9.17, 15) is 19.3 Å². The maximum absolute atomic E-state index is 12.2. The van der Waals surface area contributed by atoms with Gasteiger partial charge in [0.1, 0.15) is 11.8 Å². The molecule has 0 aromatic heterocycles. The number of unbranched alkanes of at least 4 members (excludes halogenated alkanes) is 3. The third-order valence-corrected chi connectivity index (χ3v) is 6.19. The molecule has 0 heterocycles. The van der Waals surface area contributed by atoms with Crippen molar-refractivity contribution in [3.8, 4) is 5.75 Å². The molecule has 0 spiro atoms. The van der Waals surface area contributed by atoms with Crippen LogP contribution in [0.25, 0.3) is 10.4 Å². The molecular weight excluding hydrogens is 556 g/mol. The number of carbonyl (C=O) groups excluding carboxylic acids is 1. The van der Waals surface area contributed by atoms with Gasteiger partial charge in [-0.3, -0.25) is 14.2 Å². The number of allylic oxidation sites excluding steroid dienone is 1. The number of amides is 1. The molecule has 0 bridgehead atoms. The number of azide groups is 1. The van der Waals surface area contributed by atoms with E-state index in [1.54, 1.807) is 22.6 Å². The smallest absolute Gasteiger partial charge is 0.329 e. The molecular formula is C18H25IN5O7P. The van der Waals surface area contributed by atoms with Crippen LogP contribution in [-0.4, -0.2) is 50.6 Å². The molecule has 0 aliphatic heterocycles. The van der Waals surface area contributed by atoms with Crippen molar-refractivity contribution in [1.29, 1.82) is 0 Å². The van der Waals surface area contributed by atoms with Gasteiger partial charge in [-0.2, -0.15) is 0 Å². The van der Waals surface area contributed by atoms with E-state index in [0.717, 1.165) is 0 Å². The zero-order valence-electron chi connectivity index (χ0n) is 17.0. The minimum atomic E-state index is -4.34. The van der Waals surface area contributed by atoms with Crippen molar-refractivity contribution in [2.45, 2.75) is 38.1 Å². The number of carbonyl (C=O) groups is 2. The van der Waals surface area contributed by atoms with Crippen LogP contribution in [0.1, 0.15) is 42.5 Å². The number of aromatic hydroxyl groups is 1. The average molecular weight is 581 g/mol. The van der Waals surface area contributed by atoms with Gasteiger partial charge in [-0.15, -0.1) is 0 Å². The summed E-state index contributed by atoms with van der Waals surface area (Å²) in [6.07, 6.45) is 3.56. The number of phenolic OH excluding ortho intramolecular Hbond substituents is 1. The lowest BCUT2D eigenvalue weighted by molar-refractivity contribution is -0.137. The van der Waals surface area contributed by atoms with Crippen LogP contribution >= 0.6 is 30.2 Å². The lowest BCUT2D eigenvalue weighted by Crippen LogP contribution is -2.28. The van der Waals surface area contributed by atoms with E-state index < -0.39 is 31.7 Å². The third-order valence-electron chi connectivity index (χ3n) is 4.31. The van der Waals surface area contributed by atoms with Gasteiger partial charge in [0.2, 0.25) is 0 Å². The van der Waals surface area contributed by atoms with Gasteiger partial charge < -0.3 is 31.1 Å². The van der Waals surface area contributed by atoms with Crippen LogP contribution in [0.4, 0.5) is 5.69 Å². The van der Waals surface area contributed by atoms with Crippen molar-refractivity contribution >= 4 is 47.8 Å². The molecule has 0 radical (unpaired) electrons. The first-order chi connectivity index (χ1) is 15.0. The predicted octanol–water partition coefficient (Wildman–Crippen LogP) is 3.13. The van der Waals surface area contributed by atoms with Crippen LogP contribution < -0.4 is 11.1 Å². The van der Waals surface area contributed by atoms with E-state index in [-0.39, 0.29) is 20.6 Å². The number of nitrogens with zero attached hydrogens (tertiary/aromatic N) is 3. The Morgan fingerprint density at radius 2 is 1.94 bits per heavy atom. The fourth-order valence-corrected chi connectivity index (χ4v) is 4.17. The number of carboxylic acid groups (broad SMARTS) is 1. The highest BCUT2D eigenvalue weighted by atomic mass is 127. The number of halogens is 1. The summed E-state index contributed by atoms with van der Waals surface area (Å²) in [7, 11) is -4.34. The molecule has 0 saturated heterocycles. The van der Waals surface area contributed by atoms with Gasteiger partial charge in [0.25, 0.3) is 5.91 Å². The van der Waals surface area contributed by atoms with Crippen LogP contribution in [0.2, 0.25) is 0 Å². The minimum Gasteiger partial charge on any atom is -0.506 e. The molecule has 1 aromatic rings. The first-order valence-corrected chi connectivity index (χ1v) is 12.4. The van der Waals surface area contributed by atoms with E-state index in [0.29, 0.717) is 44.2 Å². The normalized spacial score (nSPS) is 12.7. The quantitative estimate of drug-likeness (QED) is 0.0386. The minimum absolute atomic E-state index is 0.0632.